The number of nitrogens with zero attached hydrogens (tertiary/aromatic N) is 2. The summed E-state index contributed by atoms with van der Waals surface area (Å²) >= 11 is 1.67. The van der Waals surface area contributed by atoms with Gasteiger partial charge in [0.25, 0.3) is 5.91 Å². The highest BCUT2D eigenvalue weighted by Crippen LogP contribution is 2.31. The van der Waals surface area contributed by atoms with Gasteiger partial charge in [-0.05, 0) is 61.0 Å². The molecule has 2 aromatic heterocycles. The highest BCUT2D eigenvalue weighted by molar-refractivity contribution is 7.21. The molecule has 2 aromatic carbocycles. The minimum Gasteiger partial charge on any atom is -0.322 e. The second-order valence-corrected chi connectivity index (χ2v) is 6.79. The SMILES string of the molecule is Cc1ccc2sc(-c3ccc(NC(=O)c4cccnc4)cc3)nc2c1. The van der Waals surface area contributed by atoms with E-state index in [1.54, 1.807) is 35.9 Å². The molecule has 4 rings (SSSR count). The number of fused-ring (bicyclic) bond motifs is 1. The zero-order valence-electron chi connectivity index (χ0n) is 13.6. The third-order valence-corrected chi connectivity index (χ3v) is 4.94. The number of aromatic nitrogens is 2. The number of pyridine rings is 1. The zero-order valence-corrected chi connectivity index (χ0v) is 14.4. The molecule has 0 unspecified atom stereocenters. The molecule has 0 saturated heterocycles. The number of thiazole rings is 1. The normalized spacial score (nSPS) is 10.8. The number of benzene rings is 2. The van der Waals surface area contributed by atoms with Gasteiger partial charge in [-0.3, -0.25) is 9.78 Å². The lowest BCUT2D eigenvalue weighted by atomic mass is 10.2. The second-order valence-electron chi connectivity index (χ2n) is 5.76. The second kappa shape index (κ2) is 6.45. The number of amides is 1. The number of hydrogen-bond acceptors (Lipinski definition) is 4. The van der Waals surface area contributed by atoms with E-state index in [0.717, 1.165) is 21.8 Å². The van der Waals surface area contributed by atoms with Crippen LogP contribution < -0.4 is 5.32 Å². The zero-order chi connectivity index (χ0) is 17.2. The van der Waals surface area contributed by atoms with Gasteiger partial charge in [0.2, 0.25) is 0 Å². The van der Waals surface area contributed by atoms with E-state index in [2.05, 4.69) is 35.4 Å². The first-order valence-corrected chi connectivity index (χ1v) is 8.70. The van der Waals surface area contributed by atoms with Gasteiger partial charge in [0, 0.05) is 23.6 Å². The topological polar surface area (TPSA) is 54.9 Å². The summed E-state index contributed by atoms with van der Waals surface area (Å²) in [4.78, 5) is 20.8. The molecular formula is C20H15N3OS. The minimum atomic E-state index is -0.170. The Hall–Kier alpha value is -3.05. The maximum atomic E-state index is 12.2. The van der Waals surface area contributed by atoms with Gasteiger partial charge in [-0.2, -0.15) is 0 Å². The van der Waals surface area contributed by atoms with Crippen molar-refractivity contribution in [2.75, 3.05) is 5.32 Å². The molecule has 5 heteroatoms. The molecule has 4 nitrogen and oxygen atoms in total. The van der Waals surface area contributed by atoms with Crippen LogP contribution in [0, 0.1) is 6.92 Å². The Bertz CT molecular complexity index is 1040. The van der Waals surface area contributed by atoms with E-state index in [-0.39, 0.29) is 5.91 Å². The molecule has 1 amide bonds. The highest BCUT2D eigenvalue weighted by Gasteiger charge is 2.08. The summed E-state index contributed by atoms with van der Waals surface area (Å²) in [5.74, 6) is -0.170. The molecule has 2 heterocycles. The fraction of sp³-hybridized carbons (Fsp3) is 0.0500. The Morgan fingerprint density at radius 3 is 2.68 bits per heavy atom. The van der Waals surface area contributed by atoms with Gasteiger partial charge in [-0.15, -0.1) is 11.3 Å². The van der Waals surface area contributed by atoms with Crippen molar-refractivity contribution in [3.05, 3.63) is 78.1 Å². The van der Waals surface area contributed by atoms with Crippen LogP contribution in [-0.2, 0) is 0 Å². The third kappa shape index (κ3) is 3.27. The summed E-state index contributed by atoms with van der Waals surface area (Å²) in [5, 5.41) is 3.85. The lowest BCUT2D eigenvalue weighted by Crippen LogP contribution is -2.11. The van der Waals surface area contributed by atoms with E-state index < -0.39 is 0 Å². The summed E-state index contributed by atoms with van der Waals surface area (Å²) in [6, 6.07) is 17.5. The molecule has 0 saturated carbocycles. The standard InChI is InChI=1S/C20H15N3OS/c1-13-4-9-18-17(11-13)23-20(25-18)14-5-7-16(8-6-14)22-19(24)15-3-2-10-21-12-15/h2-12H,1H3,(H,22,24). The maximum absolute atomic E-state index is 12.2. The Balaban J connectivity index is 1.56. The predicted molar refractivity (Wildman–Crippen MR) is 102 cm³/mol. The summed E-state index contributed by atoms with van der Waals surface area (Å²) in [6.45, 7) is 2.07. The summed E-state index contributed by atoms with van der Waals surface area (Å²) in [6.07, 6.45) is 3.19. The van der Waals surface area contributed by atoms with E-state index in [1.807, 2.05) is 24.3 Å². The molecule has 0 fully saturated rings. The van der Waals surface area contributed by atoms with Crippen LogP contribution in [0.15, 0.2) is 67.0 Å². The van der Waals surface area contributed by atoms with Crippen molar-refractivity contribution in [2.45, 2.75) is 6.92 Å². The van der Waals surface area contributed by atoms with Crippen LogP contribution in [0.4, 0.5) is 5.69 Å². The van der Waals surface area contributed by atoms with E-state index >= 15 is 0 Å². The molecule has 122 valence electrons. The van der Waals surface area contributed by atoms with Crippen LogP contribution >= 0.6 is 11.3 Å². The third-order valence-electron chi connectivity index (χ3n) is 3.86. The van der Waals surface area contributed by atoms with Crippen molar-refractivity contribution < 1.29 is 4.79 Å². The summed E-state index contributed by atoms with van der Waals surface area (Å²) in [5.41, 5.74) is 4.55. The molecule has 0 aliphatic heterocycles. The molecule has 25 heavy (non-hydrogen) atoms. The monoisotopic (exact) mass is 345 g/mol. The first-order chi connectivity index (χ1) is 12.2. The van der Waals surface area contributed by atoms with Crippen LogP contribution in [0.5, 0.6) is 0 Å². The largest absolute Gasteiger partial charge is 0.322 e. The molecule has 0 aliphatic rings. The van der Waals surface area contributed by atoms with Crippen LogP contribution in [0.3, 0.4) is 0 Å². The Morgan fingerprint density at radius 1 is 1.08 bits per heavy atom. The van der Waals surface area contributed by atoms with E-state index in [9.17, 15) is 4.79 Å². The van der Waals surface area contributed by atoms with Gasteiger partial charge in [-0.25, -0.2) is 4.98 Å². The van der Waals surface area contributed by atoms with Gasteiger partial charge < -0.3 is 5.32 Å². The predicted octanol–water partition coefficient (Wildman–Crippen LogP) is 4.92. The average molecular weight is 345 g/mol. The van der Waals surface area contributed by atoms with Gasteiger partial charge >= 0.3 is 0 Å². The van der Waals surface area contributed by atoms with Crippen molar-refractivity contribution >= 4 is 33.1 Å². The number of anilines is 1. The summed E-state index contributed by atoms with van der Waals surface area (Å²) < 4.78 is 1.18. The van der Waals surface area contributed by atoms with Gasteiger partial charge in [-0.1, -0.05) is 6.07 Å². The smallest absolute Gasteiger partial charge is 0.257 e. The number of rotatable bonds is 3. The lowest BCUT2D eigenvalue weighted by Gasteiger charge is -2.05. The number of carbonyl (C=O) groups excluding carboxylic acids is 1. The average Bonchev–Trinajstić information content (AvgIpc) is 3.06. The van der Waals surface area contributed by atoms with Gasteiger partial charge in [0.15, 0.2) is 0 Å². The fourth-order valence-corrected chi connectivity index (χ4v) is 3.51. The van der Waals surface area contributed by atoms with E-state index in [1.165, 1.54) is 10.3 Å². The molecule has 0 aliphatic carbocycles. The number of nitrogens with one attached hydrogen (secondary N) is 1. The van der Waals surface area contributed by atoms with Crippen LogP contribution in [0.2, 0.25) is 0 Å². The lowest BCUT2D eigenvalue weighted by molar-refractivity contribution is 0.102. The van der Waals surface area contributed by atoms with Crippen molar-refractivity contribution in [3.8, 4) is 10.6 Å². The Labute approximate surface area is 149 Å². The van der Waals surface area contributed by atoms with Crippen molar-refractivity contribution in [1.82, 2.24) is 9.97 Å². The highest BCUT2D eigenvalue weighted by atomic mass is 32.1. The quantitative estimate of drug-likeness (QED) is 0.573. The van der Waals surface area contributed by atoms with E-state index in [0.29, 0.717) is 5.56 Å². The number of aryl methyl sites for hydroxylation is 1. The minimum absolute atomic E-state index is 0.170. The van der Waals surface area contributed by atoms with Gasteiger partial charge in [0.1, 0.15) is 5.01 Å². The van der Waals surface area contributed by atoms with Gasteiger partial charge in [0.05, 0.1) is 15.8 Å². The Kier molecular flexibility index (Phi) is 3.99. The molecule has 0 spiro atoms. The molecular weight excluding hydrogens is 330 g/mol. The van der Waals surface area contributed by atoms with E-state index in [4.69, 9.17) is 4.98 Å². The van der Waals surface area contributed by atoms with Crippen LogP contribution in [0.1, 0.15) is 15.9 Å². The van der Waals surface area contributed by atoms with Crippen molar-refractivity contribution in [1.29, 1.82) is 0 Å². The molecule has 4 aromatic rings. The van der Waals surface area contributed by atoms with Crippen molar-refractivity contribution in [3.63, 3.8) is 0 Å². The molecule has 1 N–H and O–H groups in total. The Morgan fingerprint density at radius 2 is 1.92 bits per heavy atom. The van der Waals surface area contributed by atoms with Crippen LogP contribution in [0.25, 0.3) is 20.8 Å². The number of carbonyl (C=O) groups is 1. The molecule has 0 atom stereocenters. The number of hydrogen-bond donors (Lipinski definition) is 1. The maximum Gasteiger partial charge on any atom is 0.257 e. The summed E-state index contributed by atoms with van der Waals surface area (Å²) in [7, 11) is 0. The van der Waals surface area contributed by atoms with Crippen LogP contribution in [-0.4, -0.2) is 15.9 Å². The first-order valence-electron chi connectivity index (χ1n) is 7.88. The molecule has 0 bridgehead atoms. The van der Waals surface area contributed by atoms with Crippen molar-refractivity contribution in [2.24, 2.45) is 0 Å². The first kappa shape index (κ1) is 15.5. The molecule has 0 radical (unpaired) electrons. The fourth-order valence-electron chi connectivity index (χ4n) is 2.56.